The Labute approximate surface area is 176 Å². The van der Waals surface area contributed by atoms with E-state index in [1.165, 1.54) is 31.5 Å². The molecule has 9 heteroatoms. The molecule has 0 fully saturated rings. The number of rotatable bonds is 7. The summed E-state index contributed by atoms with van der Waals surface area (Å²) in [6, 6.07) is 12.8. The van der Waals surface area contributed by atoms with Crippen LogP contribution >= 0.6 is 0 Å². The van der Waals surface area contributed by atoms with Crippen molar-refractivity contribution in [2.45, 2.75) is 25.9 Å². The van der Waals surface area contributed by atoms with E-state index in [-0.39, 0.29) is 30.4 Å². The quantitative estimate of drug-likeness (QED) is 0.594. The van der Waals surface area contributed by atoms with Crippen molar-refractivity contribution in [1.82, 2.24) is 9.97 Å². The number of hydrogen-bond donors (Lipinski definition) is 1. The number of nitrogens with zero attached hydrogens (tertiary/aromatic N) is 2. The number of amides is 1. The van der Waals surface area contributed by atoms with E-state index in [1.807, 2.05) is 0 Å². The minimum absolute atomic E-state index is 0.0449. The molecule has 0 atom stereocenters. The van der Waals surface area contributed by atoms with Crippen LogP contribution in [0.1, 0.15) is 23.6 Å². The predicted octanol–water partition coefficient (Wildman–Crippen LogP) is 4.60. The first kappa shape index (κ1) is 21.9. The fourth-order valence-corrected chi connectivity index (χ4v) is 2.77. The molecule has 0 saturated heterocycles. The van der Waals surface area contributed by atoms with Crippen molar-refractivity contribution in [3.8, 4) is 11.6 Å². The van der Waals surface area contributed by atoms with Crippen molar-refractivity contribution in [2.75, 3.05) is 5.32 Å². The lowest BCUT2D eigenvalue weighted by Gasteiger charge is -2.08. The number of Topliss-reactive ketones (excluding diaryl/α,β-unsaturated/α-hetero) is 1. The van der Waals surface area contributed by atoms with Gasteiger partial charge in [-0.1, -0.05) is 24.3 Å². The molecule has 1 heterocycles. The number of benzene rings is 2. The molecule has 0 aliphatic rings. The highest BCUT2D eigenvalue weighted by molar-refractivity contribution is 5.87. The van der Waals surface area contributed by atoms with Crippen LogP contribution in [-0.2, 0) is 28.6 Å². The third-order valence-electron chi connectivity index (χ3n) is 4.18. The molecule has 0 saturated carbocycles. The van der Waals surface area contributed by atoms with E-state index >= 15 is 0 Å². The van der Waals surface area contributed by atoms with Gasteiger partial charge >= 0.3 is 6.18 Å². The van der Waals surface area contributed by atoms with Gasteiger partial charge in [0.25, 0.3) is 0 Å². The first-order valence-corrected chi connectivity index (χ1v) is 9.23. The van der Waals surface area contributed by atoms with Gasteiger partial charge in [0.2, 0.25) is 11.8 Å². The summed E-state index contributed by atoms with van der Waals surface area (Å²) < 4.78 is 43.4. The molecule has 0 radical (unpaired) electrons. The maximum absolute atomic E-state index is 12.6. The molecule has 0 bridgehead atoms. The molecule has 1 amide bonds. The highest BCUT2D eigenvalue weighted by atomic mass is 19.4. The number of carbonyl (C=O) groups is 2. The van der Waals surface area contributed by atoms with Crippen LogP contribution in [0.3, 0.4) is 0 Å². The number of aromatic nitrogens is 2. The van der Waals surface area contributed by atoms with E-state index in [9.17, 15) is 22.8 Å². The molecule has 1 N–H and O–H groups in total. The van der Waals surface area contributed by atoms with E-state index in [1.54, 1.807) is 24.3 Å². The van der Waals surface area contributed by atoms with Crippen molar-refractivity contribution in [3.05, 3.63) is 77.6 Å². The summed E-state index contributed by atoms with van der Waals surface area (Å²) in [7, 11) is 0. The number of nitrogens with one attached hydrogen (secondary N) is 1. The Bertz CT molecular complexity index is 1070. The lowest BCUT2D eigenvalue weighted by molar-refractivity contribution is -0.137. The second-order valence-electron chi connectivity index (χ2n) is 6.76. The summed E-state index contributed by atoms with van der Waals surface area (Å²) in [5.41, 5.74) is 0.523. The molecule has 0 aliphatic heterocycles. The number of halogens is 3. The Morgan fingerprint density at radius 1 is 0.935 bits per heavy atom. The molecular formula is C22H18F3N3O3. The largest absolute Gasteiger partial charge is 0.439 e. The van der Waals surface area contributed by atoms with Gasteiger partial charge < -0.3 is 10.1 Å². The fourth-order valence-electron chi connectivity index (χ4n) is 2.77. The molecule has 1 aromatic heterocycles. The molecule has 31 heavy (non-hydrogen) atoms. The number of carbonyl (C=O) groups excluding carboxylic acids is 2. The maximum Gasteiger partial charge on any atom is 0.416 e. The van der Waals surface area contributed by atoms with Gasteiger partial charge in [-0.15, -0.1) is 0 Å². The standard InChI is InChI=1S/C22H18F3N3O3/c1-14(29)28-20-12-21(27-13-26-20)31-19-8-4-16(5-9-19)11-18(30)10-15-2-6-17(7-3-15)22(23,24)25/h2-9,12-13H,10-11H2,1H3,(H,26,27,28,29). The van der Waals surface area contributed by atoms with Gasteiger partial charge in [-0.25, -0.2) is 9.97 Å². The lowest BCUT2D eigenvalue weighted by atomic mass is 10.0. The molecule has 160 valence electrons. The molecule has 0 spiro atoms. The molecule has 3 aromatic rings. The minimum Gasteiger partial charge on any atom is -0.439 e. The summed E-state index contributed by atoms with van der Waals surface area (Å²) in [4.78, 5) is 31.2. The van der Waals surface area contributed by atoms with Gasteiger partial charge in [0, 0.05) is 25.8 Å². The van der Waals surface area contributed by atoms with Crippen LogP contribution in [-0.4, -0.2) is 21.7 Å². The summed E-state index contributed by atoms with van der Waals surface area (Å²) in [5.74, 6) is 0.637. The highest BCUT2D eigenvalue weighted by Crippen LogP contribution is 2.29. The smallest absolute Gasteiger partial charge is 0.416 e. The Morgan fingerprint density at radius 3 is 2.06 bits per heavy atom. The third kappa shape index (κ3) is 6.63. The fraction of sp³-hybridized carbons (Fsp3) is 0.182. The minimum atomic E-state index is -4.40. The zero-order valence-corrected chi connectivity index (χ0v) is 16.4. The van der Waals surface area contributed by atoms with E-state index in [0.29, 0.717) is 17.1 Å². The van der Waals surface area contributed by atoms with Gasteiger partial charge in [0.05, 0.1) is 5.56 Å². The Morgan fingerprint density at radius 2 is 1.52 bits per heavy atom. The van der Waals surface area contributed by atoms with Crippen molar-refractivity contribution >= 4 is 17.5 Å². The highest BCUT2D eigenvalue weighted by Gasteiger charge is 2.29. The molecular weight excluding hydrogens is 411 g/mol. The van der Waals surface area contributed by atoms with Crippen LogP contribution in [0, 0.1) is 0 Å². The van der Waals surface area contributed by atoms with Crippen LogP contribution in [0.5, 0.6) is 11.6 Å². The average molecular weight is 429 g/mol. The van der Waals surface area contributed by atoms with Crippen LogP contribution < -0.4 is 10.1 Å². The zero-order valence-electron chi connectivity index (χ0n) is 16.4. The maximum atomic E-state index is 12.6. The SMILES string of the molecule is CC(=O)Nc1cc(Oc2ccc(CC(=O)Cc3ccc(C(F)(F)F)cc3)cc2)ncn1. The summed E-state index contributed by atoms with van der Waals surface area (Å²) >= 11 is 0. The average Bonchev–Trinajstić information content (AvgIpc) is 2.69. The van der Waals surface area contributed by atoms with Gasteiger partial charge in [-0.05, 0) is 35.4 Å². The van der Waals surface area contributed by atoms with Gasteiger partial charge in [0.1, 0.15) is 23.7 Å². The van der Waals surface area contributed by atoms with Crippen LogP contribution in [0.25, 0.3) is 0 Å². The first-order chi connectivity index (χ1) is 14.7. The third-order valence-corrected chi connectivity index (χ3v) is 4.18. The lowest BCUT2D eigenvalue weighted by Crippen LogP contribution is -2.08. The predicted molar refractivity (Wildman–Crippen MR) is 107 cm³/mol. The number of anilines is 1. The monoisotopic (exact) mass is 429 g/mol. The second kappa shape index (κ2) is 9.38. The molecule has 6 nitrogen and oxygen atoms in total. The topological polar surface area (TPSA) is 81.2 Å². The van der Waals surface area contributed by atoms with Crippen LogP contribution in [0.4, 0.5) is 19.0 Å². The first-order valence-electron chi connectivity index (χ1n) is 9.23. The van der Waals surface area contributed by atoms with Crippen LogP contribution in [0.2, 0.25) is 0 Å². The molecule has 0 unspecified atom stereocenters. The van der Waals surface area contributed by atoms with Gasteiger partial charge in [-0.3, -0.25) is 9.59 Å². The van der Waals surface area contributed by atoms with Crippen molar-refractivity contribution in [1.29, 1.82) is 0 Å². The number of hydrogen-bond acceptors (Lipinski definition) is 5. The van der Waals surface area contributed by atoms with E-state index in [4.69, 9.17) is 4.74 Å². The number of ketones is 1. The Hall–Kier alpha value is -3.75. The Balaban J connectivity index is 1.56. The number of alkyl halides is 3. The van der Waals surface area contributed by atoms with Crippen LogP contribution in [0.15, 0.2) is 60.9 Å². The molecule has 0 aliphatic carbocycles. The summed E-state index contributed by atoms with van der Waals surface area (Å²) in [6.07, 6.45) is -2.96. The van der Waals surface area contributed by atoms with Gasteiger partial charge in [-0.2, -0.15) is 13.2 Å². The summed E-state index contributed by atoms with van der Waals surface area (Å²) in [6.45, 7) is 1.36. The van der Waals surface area contributed by atoms with Crippen molar-refractivity contribution in [3.63, 3.8) is 0 Å². The molecule has 2 aromatic carbocycles. The van der Waals surface area contributed by atoms with E-state index in [2.05, 4.69) is 15.3 Å². The van der Waals surface area contributed by atoms with E-state index in [0.717, 1.165) is 17.7 Å². The molecule has 3 rings (SSSR count). The van der Waals surface area contributed by atoms with E-state index < -0.39 is 11.7 Å². The van der Waals surface area contributed by atoms with Gasteiger partial charge in [0.15, 0.2) is 0 Å². The number of ether oxygens (including phenoxy) is 1. The zero-order chi connectivity index (χ0) is 22.4. The summed E-state index contributed by atoms with van der Waals surface area (Å²) in [5, 5.41) is 2.53. The van der Waals surface area contributed by atoms with Crippen molar-refractivity contribution < 1.29 is 27.5 Å². The Kier molecular flexibility index (Phi) is 6.64. The van der Waals surface area contributed by atoms with Crippen molar-refractivity contribution in [2.24, 2.45) is 0 Å². The second-order valence-corrected chi connectivity index (χ2v) is 6.76. The normalized spacial score (nSPS) is 11.1.